The summed E-state index contributed by atoms with van der Waals surface area (Å²) in [5.74, 6) is -0.923. The van der Waals surface area contributed by atoms with Gasteiger partial charge in [-0.2, -0.15) is 0 Å². The topological polar surface area (TPSA) is 97.8 Å². The molecular weight excluding hydrogens is 324 g/mol. The van der Waals surface area contributed by atoms with Crippen LogP contribution in [0.3, 0.4) is 0 Å². The van der Waals surface area contributed by atoms with Crippen molar-refractivity contribution in [1.82, 2.24) is 10.3 Å². The fourth-order valence-corrected chi connectivity index (χ4v) is 2.53. The lowest BCUT2D eigenvalue weighted by atomic mass is 9.97. The highest BCUT2D eigenvalue weighted by molar-refractivity contribution is 5.97. The Kier molecular flexibility index (Phi) is 8.18. The van der Waals surface area contributed by atoms with Crippen LogP contribution in [-0.4, -0.2) is 41.2 Å². The van der Waals surface area contributed by atoms with Crippen molar-refractivity contribution in [3.05, 3.63) is 18.0 Å². The van der Waals surface area contributed by atoms with E-state index < -0.39 is 17.9 Å². The van der Waals surface area contributed by atoms with Gasteiger partial charge in [0.2, 0.25) is 0 Å². The van der Waals surface area contributed by atoms with Crippen molar-refractivity contribution in [2.45, 2.75) is 59.1 Å². The number of aromatic hydroxyl groups is 1. The second kappa shape index (κ2) is 9.86. The number of pyridine rings is 1. The molecule has 25 heavy (non-hydrogen) atoms. The Morgan fingerprint density at radius 2 is 1.92 bits per heavy atom. The monoisotopic (exact) mass is 352 g/mol. The summed E-state index contributed by atoms with van der Waals surface area (Å²) in [6.45, 7) is 7.60. The number of carbonyl (C=O) groups excluding carboxylic acids is 2. The van der Waals surface area contributed by atoms with E-state index >= 15 is 0 Å². The lowest BCUT2D eigenvalue weighted by Gasteiger charge is -2.21. The summed E-state index contributed by atoms with van der Waals surface area (Å²) >= 11 is 0. The highest BCUT2D eigenvalue weighted by atomic mass is 16.5. The van der Waals surface area contributed by atoms with E-state index in [1.165, 1.54) is 26.3 Å². The molecule has 0 saturated heterocycles. The Morgan fingerprint density at radius 3 is 2.48 bits per heavy atom. The zero-order valence-electron chi connectivity index (χ0n) is 15.5. The molecule has 1 rings (SSSR count). The number of methoxy groups -OCH3 is 1. The van der Waals surface area contributed by atoms with Crippen molar-refractivity contribution < 1.29 is 24.2 Å². The summed E-state index contributed by atoms with van der Waals surface area (Å²) in [4.78, 5) is 28.2. The molecule has 7 heteroatoms. The number of aromatic nitrogens is 1. The lowest BCUT2D eigenvalue weighted by molar-refractivity contribution is -0.150. The Labute approximate surface area is 148 Å². The van der Waals surface area contributed by atoms with Crippen molar-refractivity contribution in [2.75, 3.05) is 7.11 Å². The molecule has 0 bridgehead atoms. The predicted octanol–water partition coefficient (Wildman–Crippen LogP) is 2.67. The molecule has 0 aliphatic carbocycles. The average Bonchev–Trinajstić information content (AvgIpc) is 2.59. The Hall–Kier alpha value is -2.31. The minimum Gasteiger partial charge on any atom is -0.503 e. The second-order valence-electron chi connectivity index (χ2n) is 6.07. The van der Waals surface area contributed by atoms with Crippen LogP contribution in [-0.2, 0) is 9.53 Å². The van der Waals surface area contributed by atoms with Crippen LogP contribution in [0, 0.1) is 5.92 Å². The fourth-order valence-electron chi connectivity index (χ4n) is 2.53. The standard InChI is InChI=1S/C18H28N2O5/c1-6-13(7-2)10-11(3)25-18(23)12(4)20-17(22)15-16(21)14(24-5)8-9-19-15/h8-9,11-13,21H,6-7,10H2,1-5H3,(H,20,22). The van der Waals surface area contributed by atoms with E-state index in [2.05, 4.69) is 24.1 Å². The number of rotatable bonds is 9. The van der Waals surface area contributed by atoms with Crippen molar-refractivity contribution in [3.8, 4) is 11.5 Å². The number of amides is 1. The SMILES string of the molecule is CCC(CC)CC(C)OC(=O)C(C)NC(=O)c1nccc(OC)c1O. The van der Waals surface area contributed by atoms with Crippen LogP contribution in [0.5, 0.6) is 11.5 Å². The number of ether oxygens (including phenoxy) is 2. The van der Waals surface area contributed by atoms with Crippen LogP contribution in [0.2, 0.25) is 0 Å². The largest absolute Gasteiger partial charge is 0.503 e. The molecule has 0 radical (unpaired) electrons. The molecule has 2 unspecified atom stereocenters. The van der Waals surface area contributed by atoms with Crippen LogP contribution < -0.4 is 10.1 Å². The number of nitrogens with zero attached hydrogens (tertiary/aromatic N) is 1. The molecule has 0 spiro atoms. The Morgan fingerprint density at radius 1 is 1.28 bits per heavy atom. The van der Waals surface area contributed by atoms with Gasteiger partial charge in [0.05, 0.1) is 13.2 Å². The first kappa shape index (κ1) is 20.7. The molecule has 1 aromatic heterocycles. The maximum atomic E-state index is 12.2. The number of hydrogen-bond donors (Lipinski definition) is 2. The maximum absolute atomic E-state index is 12.2. The lowest BCUT2D eigenvalue weighted by Crippen LogP contribution is -2.41. The first-order valence-corrected chi connectivity index (χ1v) is 8.57. The van der Waals surface area contributed by atoms with Crippen LogP contribution in [0.1, 0.15) is 57.4 Å². The summed E-state index contributed by atoms with van der Waals surface area (Å²) in [5, 5.41) is 12.4. The highest BCUT2D eigenvalue weighted by Crippen LogP contribution is 2.27. The van der Waals surface area contributed by atoms with E-state index in [-0.39, 0.29) is 23.3 Å². The number of hydrogen-bond acceptors (Lipinski definition) is 6. The summed E-state index contributed by atoms with van der Waals surface area (Å²) in [5.41, 5.74) is -0.205. The van der Waals surface area contributed by atoms with Gasteiger partial charge in [-0.15, -0.1) is 0 Å². The number of nitrogens with one attached hydrogen (secondary N) is 1. The van der Waals surface area contributed by atoms with Gasteiger partial charge in [-0.1, -0.05) is 26.7 Å². The Balaban J connectivity index is 2.64. The van der Waals surface area contributed by atoms with Crippen molar-refractivity contribution in [1.29, 1.82) is 0 Å². The van der Waals surface area contributed by atoms with Gasteiger partial charge >= 0.3 is 5.97 Å². The van der Waals surface area contributed by atoms with Gasteiger partial charge in [-0.3, -0.25) is 4.79 Å². The Bertz CT molecular complexity index is 587. The molecule has 7 nitrogen and oxygen atoms in total. The molecule has 1 heterocycles. The quantitative estimate of drug-likeness (QED) is 0.663. The van der Waals surface area contributed by atoms with Crippen molar-refractivity contribution in [3.63, 3.8) is 0 Å². The molecule has 0 saturated carbocycles. The third kappa shape index (κ3) is 5.92. The first-order valence-electron chi connectivity index (χ1n) is 8.57. The molecule has 1 amide bonds. The third-order valence-corrected chi connectivity index (χ3v) is 4.16. The average molecular weight is 352 g/mol. The minimum atomic E-state index is -0.857. The van der Waals surface area contributed by atoms with Crippen LogP contribution in [0.15, 0.2) is 12.3 Å². The van der Waals surface area contributed by atoms with Crippen LogP contribution >= 0.6 is 0 Å². The molecule has 0 aliphatic rings. The molecule has 0 aliphatic heterocycles. The van der Waals surface area contributed by atoms with Crippen LogP contribution in [0.4, 0.5) is 0 Å². The van der Waals surface area contributed by atoms with Gasteiger partial charge in [0.15, 0.2) is 17.2 Å². The van der Waals surface area contributed by atoms with Gasteiger partial charge in [-0.05, 0) is 26.2 Å². The van der Waals surface area contributed by atoms with Crippen molar-refractivity contribution >= 4 is 11.9 Å². The highest BCUT2D eigenvalue weighted by Gasteiger charge is 2.24. The van der Waals surface area contributed by atoms with E-state index in [9.17, 15) is 14.7 Å². The predicted molar refractivity (Wildman–Crippen MR) is 93.6 cm³/mol. The van der Waals surface area contributed by atoms with Gasteiger partial charge in [-0.25, -0.2) is 9.78 Å². The van der Waals surface area contributed by atoms with Gasteiger partial charge < -0.3 is 19.9 Å². The van der Waals surface area contributed by atoms with E-state index in [0.29, 0.717) is 5.92 Å². The molecular formula is C18H28N2O5. The molecule has 1 aromatic rings. The number of esters is 1. The first-order chi connectivity index (χ1) is 11.8. The van der Waals surface area contributed by atoms with E-state index in [1.54, 1.807) is 0 Å². The van der Waals surface area contributed by atoms with E-state index in [0.717, 1.165) is 19.3 Å². The summed E-state index contributed by atoms with van der Waals surface area (Å²) in [7, 11) is 1.37. The number of carbonyl (C=O) groups is 2. The maximum Gasteiger partial charge on any atom is 0.328 e. The molecule has 2 N–H and O–H groups in total. The molecule has 0 aromatic carbocycles. The molecule has 140 valence electrons. The molecule has 2 atom stereocenters. The van der Waals surface area contributed by atoms with Gasteiger partial charge in [0.1, 0.15) is 6.04 Å². The summed E-state index contributed by atoms with van der Waals surface area (Å²) in [6, 6.07) is 0.577. The zero-order chi connectivity index (χ0) is 19.0. The zero-order valence-corrected chi connectivity index (χ0v) is 15.5. The summed E-state index contributed by atoms with van der Waals surface area (Å²) < 4.78 is 10.3. The van der Waals surface area contributed by atoms with E-state index in [1.807, 2.05) is 6.92 Å². The minimum absolute atomic E-state index is 0.133. The van der Waals surface area contributed by atoms with Crippen LogP contribution in [0.25, 0.3) is 0 Å². The molecule has 0 fully saturated rings. The summed E-state index contributed by atoms with van der Waals surface area (Å²) in [6.07, 6.45) is 3.98. The van der Waals surface area contributed by atoms with Gasteiger partial charge in [0, 0.05) is 12.3 Å². The normalized spacial score (nSPS) is 13.2. The third-order valence-electron chi connectivity index (χ3n) is 4.16. The smallest absolute Gasteiger partial charge is 0.328 e. The fraction of sp³-hybridized carbons (Fsp3) is 0.611. The van der Waals surface area contributed by atoms with Gasteiger partial charge in [0.25, 0.3) is 5.91 Å². The van der Waals surface area contributed by atoms with E-state index in [4.69, 9.17) is 9.47 Å². The second-order valence-corrected chi connectivity index (χ2v) is 6.07. The van der Waals surface area contributed by atoms with Crippen molar-refractivity contribution in [2.24, 2.45) is 5.92 Å².